The molecule has 0 bridgehead atoms. The van der Waals surface area contributed by atoms with Gasteiger partial charge in [-0.05, 0) is 32.0 Å². The summed E-state index contributed by atoms with van der Waals surface area (Å²) in [5.41, 5.74) is 3.16. The van der Waals surface area contributed by atoms with Gasteiger partial charge in [-0.1, -0.05) is 13.0 Å². The second-order valence-corrected chi connectivity index (χ2v) is 5.19. The number of rotatable bonds is 7. The average Bonchev–Trinajstić information content (AvgIpc) is 2.48. The topological polar surface area (TPSA) is 53.9 Å². The highest BCUT2D eigenvalue weighted by Gasteiger charge is 2.06. The maximum absolute atomic E-state index is 4.50. The Morgan fingerprint density at radius 2 is 1.95 bits per heavy atom. The van der Waals surface area contributed by atoms with Crippen molar-refractivity contribution in [3.05, 3.63) is 47.5 Å². The number of nitrogens with one attached hydrogen (secondary N) is 1. The van der Waals surface area contributed by atoms with E-state index in [1.165, 1.54) is 0 Å². The Bertz CT molecular complexity index is 553. The Morgan fingerprint density at radius 3 is 2.62 bits per heavy atom. The fourth-order valence-electron chi connectivity index (χ4n) is 2.05. The molecule has 0 saturated carbocycles. The van der Waals surface area contributed by atoms with Gasteiger partial charge in [-0.2, -0.15) is 0 Å². The van der Waals surface area contributed by atoms with Gasteiger partial charge in [0, 0.05) is 37.2 Å². The van der Waals surface area contributed by atoms with Crippen molar-refractivity contribution in [2.75, 3.05) is 18.5 Å². The van der Waals surface area contributed by atoms with E-state index in [1.807, 2.05) is 49.5 Å². The summed E-state index contributed by atoms with van der Waals surface area (Å²) in [6.45, 7) is 6.69. The van der Waals surface area contributed by atoms with Gasteiger partial charge in [0.1, 0.15) is 0 Å². The van der Waals surface area contributed by atoms with Crippen LogP contribution in [0.5, 0.6) is 0 Å². The zero-order valence-electron chi connectivity index (χ0n) is 13.0. The van der Waals surface area contributed by atoms with Crippen LogP contribution in [0.4, 0.5) is 5.95 Å². The van der Waals surface area contributed by atoms with Crippen molar-refractivity contribution >= 4 is 5.95 Å². The molecule has 0 unspecified atom stereocenters. The average molecular weight is 285 g/mol. The van der Waals surface area contributed by atoms with Gasteiger partial charge < -0.3 is 10.2 Å². The van der Waals surface area contributed by atoms with Gasteiger partial charge >= 0.3 is 0 Å². The summed E-state index contributed by atoms with van der Waals surface area (Å²) in [5, 5.41) is 3.34. The SMILES string of the molecule is CCCNCc1cnc(N(C)Cc2cccc(C)n2)nc1. The van der Waals surface area contributed by atoms with Crippen molar-refractivity contribution in [2.24, 2.45) is 0 Å². The number of anilines is 1. The van der Waals surface area contributed by atoms with E-state index in [1.54, 1.807) is 0 Å². The fraction of sp³-hybridized carbons (Fsp3) is 0.438. The van der Waals surface area contributed by atoms with Gasteiger partial charge in [-0.3, -0.25) is 4.98 Å². The molecule has 0 amide bonds. The van der Waals surface area contributed by atoms with Gasteiger partial charge in [0.25, 0.3) is 0 Å². The lowest BCUT2D eigenvalue weighted by atomic mass is 10.3. The van der Waals surface area contributed by atoms with Crippen LogP contribution in [0.1, 0.15) is 30.3 Å². The van der Waals surface area contributed by atoms with E-state index in [2.05, 4.69) is 27.2 Å². The molecule has 0 radical (unpaired) electrons. The Balaban J connectivity index is 1.94. The Labute approximate surface area is 126 Å². The van der Waals surface area contributed by atoms with Crippen LogP contribution >= 0.6 is 0 Å². The van der Waals surface area contributed by atoms with E-state index in [9.17, 15) is 0 Å². The smallest absolute Gasteiger partial charge is 0.225 e. The molecule has 5 heteroatoms. The molecule has 0 aliphatic rings. The lowest BCUT2D eigenvalue weighted by Crippen LogP contribution is -2.20. The van der Waals surface area contributed by atoms with Crippen molar-refractivity contribution < 1.29 is 0 Å². The molecule has 0 saturated heterocycles. The number of hydrogen-bond donors (Lipinski definition) is 1. The largest absolute Gasteiger partial charge is 0.338 e. The van der Waals surface area contributed by atoms with Crippen molar-refractivity contribution in [1.82, 2.24) is 20.3 Å². The molecule has 0 fully saturated rings. The molecule has 112 valence electrons. The van der Waals surface area contributed by atoms with Crippen LogP contribution in [0.2, 0.25) is 0 Å². The summed E-state index contributed by atoms with van der Waals surface area (Å²) in [6, 6.07) is 6.04. The van der Waals surface area contributed by atoms with Crippen LogP contribution in [0.15, 0.2) is 30.6 Å². The van der Waals surface area contributed by atoms with E-state index >= 15 is 0 Å². The van der Waals surface area contributed by atoms with Crippen LogP contribution in [0.25, 0.3) is 0 Å². The lowest BCUT2D eigenvalue weighted by Gasteiger charge is -2.16. The van der Waals surface area contributed by atoms with Gasteiger partial charge in [-0.25, -0.2) is 9.97 Å². The second kappa shape index (κ2) is 7.69. The number of hydrogen-bond acceptors (Lipinski definition) is 5. The molecule has 0 aromatic carbocycles. The predicted molar refractivity (Wildman–Crippen MR) is 85.1 cm³/mol. The van der Waals surface area contributed by atoms with Crippen molar-refractivity contribution in [1.29, 1.82) is 0 Å². The standard InChI is InChI=1S/C16H23N5/c1-4-8-17-9-14-10-18-16(19-11-14)21(3)12-15-7-5-6-13(2)20-15/h5-7,10-11,17H,4,8-9,12H2,1-3H3. The van der Waals surface area contributed by atoms with Crippen LogP contribution in [-0.2, 0) is 13.1 Å². The third-order valence-electron chi connectivity index (χ3n) is 3.13. The summed E-state index contributed by atoms with van der Waals surface area (Å²) < 4.78 is 0. The Hall–Kier alpha value is -2.01. The second-order valence-electron chi connectivity index (χ2n) is 5.19. The molecular weight excluding hydrogens is 262 g/mol. The van der Waals surface area contributed by atoms with Gasteiger partial charge in [-0.15, -0.1) is 0 Å². The van der Waals surface area contributed by atoms with E-state index < -0.39 is 0 Å². The molecule has 0 aliphatic heterocycles. The minimum absolute atomic E-state index is 0.703. The molecule has 5 nitrogen and oxygen atoms in total. The number of aryl methyl sites for hydroxylation is 1. The Morgan fingerprint density at radius 1 is 1.19 bits per heavy atom. The summed E-state index contributed by atoms with van der Waals surface area (Å²) in [5.74, 6) is 0.720. The maximum atomic E-state index is 4.50. The molecule has 2 aromatic rings. The highest BCUT2D eigenvalue weighted by molar-refractivity contribution is 5.29. The quantitative estimate of drug-likeness (QED) is 0.791. The summed E-state index contributed by atoms with van der Waals surface area (Å²) in [7, 11) is 1.98. The first-order valence-corrected chi connectivity index (χ1v) is 7.34. The third kappa shape index (κ3) is 4.79. The molecule has 0 spiro atoms. The first kappa shape index (κ1) is 15.4. The summed E-state index contributed by atoms with van der Waals surface area (Å²) in [6.07, 6.45) is 4.89. The monoisotopic (exact) mass is 285 g/mol. The lowest BCUT2D eigenvalue weighted by molar-refractivity contribution is 0.671. The molecule has 2 rings (SSSR count). The van der Waals surface area contributed by atoms with Gasteiger partial charge in [0.05, 0.1) is 12.2 Å². The van der Waals surface area contributed by atoms with Crippen LogP contribution in [0.3, 0.4) is 0 Å². The highest BCUT2D eigenvalue weighted by atomic mass is 15.2. The first-order chi connectivity index (χ1) is 10.2. The molecule has 21 heavy (non-hydrogen) atoms. The minimum atomic E-state index is 0.703. The summed E-state index contributed by atoms with van der Waals surface area (Å²) >= 11 is 0. The molecule has 0 aliphatic carbocycles. The van der Waals surface area contributed by atoms with E-state index in [4.69, 9.17) is 0 Å². The summed E-state index contributed by atoms with van der Waals surface area (Å²) in [4.78, 5) is 15.3. The molecule has 0 atom stereocenters. The van der Waals surface area contributed by atoms with Crippen LogP contribution < -0.4 is 10.2 Å². The zero-order chi connectivity index (χ0) is 15.1. The molecule has 2 aromatic heterocycles. The van der Waals surface area contributed by atoms with Gasteiger partial charge in [0.15, 0.2) is 0 Å². The van der Waals surface area contributed by atoms with Crippen LogP contribution in [-0.4, -0.2) is 28.5 Å². The highest BCUT2D eigenvalue weighted by Crippen LogP contribution is 2.09. The number of pyridine rings is 1. The number of nitrogens with zero attached hydrogens (tertiary/aromatic N) is 4. The van der Waals surface area contributed by atoms with Crippen molar-refractivity contribution in [3.8, 4) is 0 Å². The minimum Gasteiger partial charge on any atom is -0.338 e. The zero-order valence-corrected chi connectivity index (χ0v) is 13.0. The maximum Gasteiger partial charge on any atom is 0.225 e. The van der Waals surface area contributed by atoms with Gasteiger partial charge in [0.2, 0.25) is 5.95 Å². The van der Waals surface area contributed by atoms with E-state index in [0.717, 1.165) is 42.4 Å². The molecule has 1 N–H and O–H groups in total. The van der Waals surface area contributed by atoms with E-state index in [0.29, 0.717) is 6.54 Å². The molecule has 2 heterocycles. The predicted octanol–water partition coefficient (Wildman–Crippen LogP) is 2.32. The van der Waals surface area contributed by atoms with Crippen molar-refractivity contribution in [2.45, 2.75) is 33.4 Å². The number of aromatic nitrogens is 3. The Kier molecular flexibility index (Phi) is 5.63. The normalized spacial score (nSPS) is 10.6. The third-order valence-corrected chi connectivity index (χ3v) is 3.13. The molecular formula is C16H23N5. The van der Waals surface area contributed by atoms with Crippen LogP contribution in [0, 0.1) is 6.92 Å². The van der Waals surface area contributed by atoms with Crippen molar-refractivity contribution in [3.63, 3.8) is 0 Å². The first-order valence-electron chi connectivity index (χ1n) is 7.34. The fourth-order valence-corrected chi connectivity index (χ4v) is 2.05. The van der Waals surface area contributed by atoms with E-state index in [-0.39, 0.29) is 0 Å².